The largest absolute Gasteiger partial charge is 0.475 e. The normalized spacial score (nSPS) is 18.6. The highest BCUT2D eigenvalue weighted by atomic mass is 19.2. The van der Waals surface area contributed by atoms with E-state index in [0.717, 1.165) is 0 Å². The lowest BCUT2D eigenvalue weighted by Crippen LogP contribution is -2.52. The summed E-state index contributed by atoms with van der Waals surface area (Å²) in [6.07, 6.45) is -0.625. The molecule has 1 aliphatic rings. The van der Waals surface area contributed by atoms with Crippen LogP contribution in [-0.2, 0) is 0 Å². The van der Waals surface area contributed by atoms with E-state index in [9.17, 15) is 18.0 Å². The van der Waals surface area contributed by atoms with Crippen molar-refractivity contribution in [2.75, 3.05) is 26.2 Å². The van der Waals surface area contributed by atoms with Crippen molar-refractivity contribution in [1.82, 2.24) is 15.2 Å². The van der Waals surface area contributed by atoms with Gasteiger partial charge in [-0.3, -0.25) is 0 Å². The zero-order chi connectivity index (χ0) is 15.4. The van der Waals surface area contributed by atoms with Crippen molar-refractivity contribution < 1.29 is 27.8 Å². The molecular weight excluding hydrogens is 291 g/mol. The van der Waals surface area contributed by atoms with Crippen molar-refractivity contribution in [3.05, 3.63) is 23.6 Å². The lowest BCUT2D eigenvalue weighted by atomic mass is 10.1. The number of piperazine rings is 1. The van der Waals surface area contributed by atoms with Gasteiger partial charge in [0, 0.05) is 31.7 Å². The third kappa shape index (κ3) is 3.97. The molecule has 1 aromatic heterocycles. The molecule has 0 spiro atoms. The van der Waals surface area contributed by atoms with Gasteiger partial charge in [0.15, 0.2) is 11.6 Å². The maximum absolute atomic E-state index is 13.3. The van der Waals surface area contributed by atoms with Crippen LogP contribution in [0.15, 0.2) is 6.07 Å². The molecule has 2 N–H and O–H groups in total. The third-order valence-electron chi connectivity index (χ3n) is 3.09. The first-order chi connectivity index (χ1) is 9.97. The fraction of sp³-hybridized carbons (Fsp3) is 0.500. The van der Waals surface area contributed by atoms with Gasteiger partial charge in [-0.15, -0.1) is 0 Å². The molecule has 1 atom stereocenters. The number of hydrogen-bond donors (Lipinski definition) is 2. The van der Waals surface area contributed by atoms with Gasteiger partial charge >= 0.3 is 6.09 Å². The van der Waals surface area contributed by atoms with Crippen LogP contribution in [0.1, 0.15) is 6.42 Å². The second kappa shape index (κ2) is 6.61. The zero-order valence-corrected chi connectivity index (χ0v) is 11.0. The van der Waals surface area contributed by atoms with Gasteiger partial charge in [0.1, 0.15) is 0 Å². The topological polar surface area (TPSA) is 74.7 Å². The molecule has 0 saturated carbocycles. The monoisotopic (exact) mass is 305 g/mol. The number of hydrogen-bond acceptors (Lipinski definition) is 4. The predicted octanol–water partition coefficient (Wildman–Crippen LogP) is 1.22. The highest BCUT2D eigenvalue weighted by Crippen LogP contribution is 2.17. The molecule has 1 aromatic rings. The SMILES string of the molecule is O=C(O)N1CCN[C@H](CCOc2nc(F)c(F)cc2F)C1. The Morgan fingerprint density at radius 1 is 1.48 bits per heavy atom. The Morgan fingerprint density at radius 3 is 2.95 bits per heavy atom. The first kappa shape index (κ1) is 15.4. The second-order valence-corrected chi connectivity index (χ2v) is 4.56. The summed E-state index contributed by atoms with van der Waals surface area (Å²) < 4.78 is 43.8. The van der Waals surface area contributed by atoms with Gasteiger partial charge in [-0.05, 0) is 6.42 Å². The molecule has 1 saturated heterocycles. The molecule has 1 fully saturated rings. The molecule has 1 amide bonds. The molecule has 21 heavy (non-hydrogen) atoms. The first-order valence-electron chi connectivity index (χ1n) is 6.33. The summed E-state index contributed by atoms with van der Waals surface area (Å²) in [5.74, 6) is -4.51. The number of pyridine rings is 1. The van der Waals surface area contributed by atoms with Crippen molar-refractivity contribution in [3.63, 3.8) is 0 Å². The molecule has 2 heterocycles. The van der Waals surface area contributed by atoms with Crippen molar-refractivity contribution in [2.45, 2.75) is 12.5 Å². The highest BCUT2D eigenvalue weighted by molar-refractivity contribution is 5.65. The Hall–Kier alpha value is -2.03. The van der Waals surface area contributed by atoms with Crippen LogP contribution in [0.5, 0.6) is 5.88 Å². The Balaban J connectivity index is 1.84. The summed E-state index contributed by atoms with van der Waals surface area (Å²) in [7, 11) is 0. The summed E-state index contributed by atoms with van der Waals surface area (Å²) in [6.45, 7) is 1.19. The van der Waals surface area contributed by atoms with Crippen molar-refractivity contribution in [3.8, 4) is 5.88 Å². The van der Waals surface area contributed by atoms with E-state index in [1.54, 1.807) is 0 Å². The molecule has 0 unspecified atom stereocenters. The summed E-state index contributed by atoms with van der Waals surface area (Å²) in [5, 5.41) is 12.0. The van der Waals surface area contributed by atoms with E-state index >= 15 is 0 Å². The Labute approximate surface area is 118 Å². The van der Waals surface area contributed by atoms with Gasteiger partial charge in [0.25, 0.3) is 11.8 Å². The molecule has 0 radical (unpaired) electrons. The van der Waals surface area contributed by atoms with Gasteiger partial charge in [0.05, 0.1) is 6.61 Å². The molecule has 116 valence electrons. The number of ether oxygens (including phenoxy) is 1. The lowest BCUT2D eigenvalue weighted by molar-refractivity contribution is 0.123. The zero-order valence-electron chi connectivity index (χ0n) is 11.0. The number of aromatic nitrogens is 1. The summed E-state index contributed by atoms with van der Waals surface area (Å²) >= 11 is 0. The van der Waals surface area contributed by atoms with E-state index in [1.807, 2.05) is 0 Å². The van der Waals surface area contributed by atoms with E-state index in [2.05, 4.69) is 10.3 Å². The number of halogens is 3. The molecule has 9 heteroatoms. The van der Waals surface area contributed by atoms with Gasteiger partial charge < -0.3 is 20.1 Å². The van der Waals surface area contributed by atoms with Gasteiger partial charge in [-0.1, -0.05) is 0 Å². The molecule has 1 aliphatic heterocycles. The standard InChI is InChI=1S/C12H14F3N3O3/c13-8-5-9(14)11(17-10(8)15)21-4-1-7-6-18(12(19)20)3-2-16-7/h5,7,16H,1-4,6H2,(H,19,20)/t7-/m1/s1. The van der Waals surface area contributed by atoms with Crippen LogP contribution in [0.3, 0.4) is 0 Å². The molecule has 6 nitrogen and oxygen atoms in total. The number of carboxylic acid groups (broad SMARTS) is 1. The summed E-state index contributed by atoms with van der Waals surface area (Å²) in [5.41, 5.74) is 0. The minimum atomic E-state index is -1.43. The van der Waals surface area contributed by atoms with Crippen LogP contribution in [0.2, 0.25) is 0 Å². The summed E-state index contributed by atoms with van der Waals surface area (Å²) in [6, 6.07) is 0.214. The van der Waals surface area contributed by atoms with E-state index < -0.39 is 29.6 Å². The Kier molecular flexibility index (Phi) is 4.84. The first-order valence-corrected chi connectivity index (χ1v) is 6.33. The molecular formula is C12H14F3N3O3. The number of nitrogens with one attached hydrogen (secondary N) is 1. The molecule has 0 aromatic carbocycles. The molecule has 0 aliphatic carbocycles. The minimum absolute atomic E-state index is 0.000117. The summed E-state index contributed by atoms with van der Waals surface area (Å²) in [4.78, 5) is 15.1. The van der Waals surface area contributed by atoms with Crippen LogP contribution < -0.4 is 10.1 Å². The van der Waals surface area contributed by atoms with E-state index in [-0.39, 0.29) is 19.2 Å². The molecule has 2 rings (SSSR count). The van der Waals surface area contributed by atoms with Crippen molar-refractivity contribution in [2.24, 2.45) is 0 Å². The van der Waals surface area contributed by atoms with Crippen LogP contribution in [0.4, 0.5) is 18.0 Å². The fourth-order valence-corrected chi connectivity index (χ4v) is 2.02. The number of nitrogens with zero attached hydrogens (tertiary/aromatic N) is 2. The number of rotatable bonds is 4. The van der Waals surface area contributed by atoms with E-state index in [0.29, 0.717) is 25.6 Å². The number of amides is 1. The quantitative estimate of drug-likeness (QED) is 0.818. The van der Waals surface area contributed by atoms with Gasteiger partial charge in [-0.25, -0.2) is 13.6 Å². The van der Waals surface area contributed by atoms with Crippen LogP contribution in [0, 0.1) is 17.6 Å². The van der Waals surface area contributed by atoms with E-state index in [4.69, 9.17) is 9.84 Å². The predicted molar refractivity (Wildman–Crippen MR) is 65.6 cm³/mol. The average Bonchev–Trinajstić information content (AvgIpc) is 2.44. The van der Waals surface area contributed by atoms with E-state index in [1.165, 1.54) is 4.90 Å². The average molecular weight is 305 g/mol. The second-order valence-electron chi connectivity index (χ2n) is 4.56. The fourth-order valence-electron chi connectivity index (χ4n) is 2.02. The Morgan fingerprint density at radius 2 is 2.24 bits per heavy atom. The minimum Gasteiger partial charge on any atom is -0.475 e. The van der Waals surface area contributed by atoms with Crippen molar-refractivity contribution >= 4 is 6.09 Å². The maximum atomic E-state index is 13.3. The maximum Gasteiger partial charge on any atom is 0.407 e. The van der Waals surface area contributed by atoms with Crippen LogP contribution in [-0.4, -0.2) is 53.4 Å². The Bertz CT molecular complexity index is 530. The smallest absolute Gasteiger partial charge is 0.407 e. The van der Waals surface area contributed by atoms with Crippen LogP contribution >= 0.6 is 0 Å². The van der Waals surface area contributed by atoms with Gasteiger partial charge in [-0.2, -0.15) is 9.37 Å². The third-order valence-corrected chi connectivity index (χ3v) is 3.09. The lowest BCUT2D eigenvalue weighted by Gasteiger charge is -2.31. The van der Waals surface area contributed by atoms with Crippen molar-refractivity contribution in [1.29, 1.82) is 0 Å². The van der Waals surface area contributed by atoms with Crippen LogP contribution in [0.25, 0.3) is 0 Å². The highest BCUT2D eigenvalue weighted by Gasteiger charge is 2.22. The number of carbonyl (C=O) groups is 1. The molecule has 0 bridgehead atoms. The van der Waals surface area contributed by atoms with Gasteiger partial charge in [0.2, 0.25) is 0 Å².